The van der Waals surface area contributed by atoms with Crippen molar-refractivity contribution in [3.05, 3.63) is 46.3 Å². The first-order valence-corrected chi connectivity index (χ1v) is 13.2. The fourth-order valence-corrected chi connectivity index (χ4v) is 5.19. The molecule has 3 aromatic rings. The van der Waals surface area contributed by atoms with Crippen molar-refractivity contribution < 1.29 is 69.3 Å². The second-order valence-electron chi connectivity index (χ2n) is 10.1. The molecular formula is C27H32O15. The van der Waals surface area contributed by atoms with Crippen LogP contribution < -0.4 is 15.1 Å². The SMILES string of the molecule is O=c1oc2cc(O[C@@H]3O[C@H](CO)[C@@H](O)[C@H](O)[C@H]3O)cc(O[C@@H]3O[C@H](CO)[C@@H](O)[C@H](O)[C@H]3O)c2c2cccc(CCO)c12. The Morgan fingerprint density at radius 2 is 1.31 bits per heavy atom. The third-order valence-corrected chi connectivity index (χ3v) is 7.44. The normalized spacial score (nSPS) is 33.6. The van der Waals surface area contributed by atoms with Gasteiger partial charge in [-0.05, 0) is 12.0 Å². The van der Waals surface area contributed by atoms with Gasteiger partial charge in [0.25, 0.3) is 0 Å². The lowest BCUT2D eigenvalue weighted by atomic mass is 9.99. The molecule has 15 heteroatoms. The Labute approximate surface area is 236 Å². The van der Waals surface area contributed by atoms with Gasteiger partial charge in [0.05, 0.1) is 24.0 Å². The van der Waals surface area contributed by atoms with Crippen LogP contribution in [0.15, 0.2) is 39.5 Å². The molecule has 0 amide bonds. The lowest BCUT2D eigenvalue weighted by Gasteiger charge is -2.40. The van der Waals surface area contributed by atoms with Crippen LogP contribution in [0.3, 0.4) is 0 Å². The Morgan fingerprint density at radius 1 is 0.714 bits per heavy atom. The molecule has 42 heavy (non-hydrogen) atoms. The summed E-state index contributed by atoms with van der Waals surface area (Å²) < 4.78 is 28.1. The smallest absolute Gasteiger partial charge is 0.344 e. The monoisotopic (exact) mass is 596 g/mol. The van der Waals surface area contributed by atoms with E-state index in [0.29, 0.717) is 10.9 Å². The lowest BCUT2D eigenvalue weighted by molar-refractivity contribution is -0.278. The minimum absolute atomic E-state index is 0.102. The Bertz CT molecular complexity index is 1450. The summed E-state index contributed by atoms with van der Waals surface area (Å²) in [4.78, 5) is 13.1. The number of ether oxygens (including phenoxy) is 4. The first-order chi connectivity index (χ1) is 20.1. The molecule has 0 unspecified atom stereocenters. The van der Waals surface area contributed by atoms with Crippen LogP contribution >= 0.6 is 0 Å². The highest BCUT2D eigenvalue weighted by atomic mass is 16.7. The second kappa shape index (κ2) is 12.4. The summed E-state index contributed by atoms with van der Waals surface area (Å²) in [6.07, 6.45) is -16.0. The molecule has 9 N–H and O–H groups in total. The van der Waals surface area contributed by atoms with Crippen molar-refractivity contribution >= 4 is 21.7 Å². The standard InChI is InChI=1S/C27H32O15/c28-5-4-10-2-1-3-12-17(10)25(37)39-13-6-11(38-26-23(35)21(33)19(31)15(8-29)41-26)7-14(18(12)13)40-27-24(36)22(34)20(32)16(9-30)42-27/h1-3,6-7,15-16,19-24,26-36H,4-5,8-9H2/t15-,16-,19-,20-,21+,22+,23-,24-,26-,27-/m1/s1. The molecule has 1 aromatic heterocycles. The van der Waals surface area contributed by atoms with Gasteiger partial charge in [-0.1, -0.05) is 18.2 Å². The Hall–Kier alpha value is -2.93. The summed E-state index contributed by atoms with van der Waals surface area (Å²) in [5.74, 6) is -0.285. The highest BCUT2D eigenvalue weighted by Gasteiger charge is 2.46. The second-order valence-corrected chi connectivity index (χ2v) is 10.1. The van der Waals surface area contributed by atoms with E-state index in [2.05, 4.69) is 0 Å². The molecule has 3 heterocycles. The molecule has 15 nitrogen and oxygen atoms in total. The fourth-order valence-electron chi connectivity index (χ4n) is 5.19. The highest BCUT2D eigenvalue weighted by Crippen LogP contribution is 2.39. The minimum atomic E-state index is -1.79. The van der Waals surface area contributed by atoms with E-state index in [9.17, 15) is 50.8 Å². The van der Waals surface area contributed by atoms with Crippen molar-refractivity contribution in [3.8, 4) is 11.5 Å². The van der Waals surface area contributed by atoms with Gasteiger partial charge in [0, 0.05) is 24.1 Å². The van der Waals surface area contributed by atoms with Crippen LogP contribution in [0.25, 0.3) is 21.7 Å². The van der Waals surface area contributed by atoms with Gasteiger partial charge < -0.3 is 69.3 Å². The largest absolute Gasteiger partial charge is 0.462 e. The Kier molecular flexibility index (Phi) is 8.98. The van der Waals surface area contributed by atoms with Crippen LogP contribution in [0.4, 0.5) is 0 Å². The molecule has 0 bridgehead atoms. The number of rotatable bonds is 8. The first kappa shape index (κ1) is 30.5. The summed E-state index contributed by atoms with van der Waals surface area (Å²) in [7, 11) is 0. The van der Waals surface area contributed by atoms with Crippen molar-refractivity contribution in [2.75, 3.05) is 19.8 Å². The minimum Gasteiger partial charge on any atom is -0.462 e. The van der Waals surface area contributed by atoms with E-state index >= 15 is 0 Å². The van der Waals surface area contributed by atoms with Crippen LogP contribution in [0.1, 0.15) is 5.56 Å². The summed E-state index contributed by atoms with van der Waals surface area (Å²) >= 11 is 0. The fraction of sp³-hybridized carbons (Fsp3) is 0.519. The van der Waals surface area contributed by atoms with Gasteiger partial charge in [-0.3, -0.25) is 0 Å². The number of aliphatic hydroxyl groups is 9. The molecule has 0 spiro atoms. The van der Waals surface area contributed by atoms with E-state index in [1.54, 1.807) is 18.2 Å². The van der Waals surface area contributed by atoms with Crippen molar-refractivity contribution in [1.29, 1.82) is 0 Å². The van der Waals surface area contributed by atoms with Gasteiger partial charge in [-0.2, -0.15) is 0 Å². The van der Waals surface area contributed by atoms with Crippen molar-refractivity contribution in [2.24, 2.45) is 0 Å². The molecule has 5 rings (SSSR count). The van der Waals surface area contributed by atoms with Crippen LogP contribution in [-0.4, -0.2) is 127 Å². The predicted octanol–water partition coefficient (Wildman–Crippen LogP) is -3.16. The number of benzene rings is 2. The maximum Gasteiger partial charge on any atom is 0.344 e. The van der Waals surface area contributed by atoms with E-state index < -0.39 is 80.3 Å². The molecule has 2 saturated heterocycles. The average Bonchev–Trinajstić information content (AvgIpc) is 2.97. The zero-order valence-electron chi connectivity index (χ0n) is 22.0. The summed E-state index contributed by atoms with van der Waals surface area (Å²) in [6, 6.07) is 7.38. The maximum absolute atomic E-state index is 13.1. The van der Waals surface area contributed by atoms with Crippen molar-refractivity contribution in [2.45, 2.75) is 67.8 Å². The molecule has 10 atom stereocenters. The zero-order valence-corrected chi connectivity index (χ0v) is 22.0. The van der Waals surface area contributed by atoms with E-state index in [4.69, 9.17) is 23.4 Å². The molecular weight excluding hydrogens is 564 g/mol. The molecule has 0 aliphatic carbocycles. The average molecular weight is 597 g/mol. The maximum atomic E-state index is 13.1. The van der Waals surface area contributed by atoms with E-state index in [0.717, 1.165) is 0 Å². The van der Waals surface area contributed by atoms with E-state index in [1.807, 2.05) is 0 Å². The summed E-state index contributed by atoms with van der Waals surface area (Å²) in [5.41, 5.74) is -0.383. The van der Waals surface area contributed by atoms with Crippen LogP contribution in [0.2, 0.25) is 0 Å². The Balaban J connectivity index is 1.63. The topological polar surface area (TPSA) is 249 Å². The predicted molar refractivity (Wildman–Crippen MR) is 140 cm³/mol. The van der Waals surface area contributed by atoms with Gasteiger partial charge in [0.1, 0.15) is 65.9 Å². The summed E-state index contributed by atoms with van der Waals surface area (Å²) in [6.45, 7) is -1.67. The van der Waals surface area contributed by atoms with Crippen molar-refractivity contribution in [3.63, 3.8) is 0 Å². The molecule has 0 radical (unpaired) electrons. The number of hydrogen-bond acceptors (Lipinski definition) is 15. The third kappa shape index (κ3) is 5.45. The van der Waals surface area contributed by atoms with Gasteiger partial charge in [-0.25, -0.2) is 4.79 Å². The quantitative estimate of drug-likeness (QED) is 0.0919. The number of hydrogen-bond donors (Lipinski definition) is 9. The molecule has 0 saturated carbocycles. The third-order valence-electron chi connectivity index (χ3n) is 7.44. The van der Waals surface area contributed by atoms with Crippen LogP contribution in [0.5, 0.6) is 11.5 Å². The van der Waals surface area contributed by atoms with Gasteiger partial charge in [0.15, 0.2) is 0 Å². The van der Waals surface area contributed by atoms with Gasteiger partial charge >= 0.3 is 5.63 Å². The molecule has 2 aliphatic heterocycles. The number of fused-ring (bicyclic) bond motifs is 3. The van der Waals surface area contributed by atoms with Gasteiger partial charge in [-0.15, -0.1) is 0 Å². The molecule has 2 fully saturated rings. The molecule has 230 valence electrons. The highest BCUT2D eigenvalue weighted by molar-refractivity contribution is 6.09. The van der Waals surface area contributed by atoms with Crippen molar-refractivity contribution in [1.82, 2.24) is 0 Å². The summed E-state index contributed by atoms with van der Waals surface area (Å²) in [5, 5.41) is 90.9. The van der Waals surface area contributed by atoms with Gasteiger partial charge in [0.2, 0.25) is 12.6 Å². The molecule has 2 aliphatic rings. The number of aliphatic hydroxyl groups excluding tert-OH is 9. The van der Waals surface area contributed by atoms with Crippen LogP contribution in [-0.2, 0) is 15.9 Å². The molecule has 2 aromatic carbocycles. The van der Waals surface area contributed by atoms with Crippen LogP contribution in [0, 0.1) is 0 Å². The van der Waals surface area contributed by atoms with E-state index in [-0.39, 0.29) is 40.9 Å². The first-order valence-electron chi connectivity index (χ1n) is 13.2. The van der Waals surface area contributed by atoms with E-state index in [1.165, 1.54) is 12.1 Å². The Morgan fingerprint density at radius 3 is 1.88 bits per heavy atom. The lowest BCUT2D eigenvalue weighted by Crippen LogP contribution is -2.60. The zero-order chi connectivity index (χ0) is 30.3.